The van der Waals surface area contributed by atoms with Gasteiger partial charge in [0, 0.05) is 6.54 Å². The summed E-state index contributed by atoms with van der Waals surface area (Å²) in [5.74, 6) is 0.257. The van der Waals surface area contributed by atoms with Crippen molar-refractivity contribution in [1.29, 1.82) is 0 Å². The molecule has 2 nitrogen and oxygen atoms in total. The zero-order valence-electron chi connectivity index (χ0n) is 14.2. The summed E-state index contributed by atoms with van der Waals surface area (Å²) in [4.78, 5) is 2.09. The molecule has 0 heterocycles. The van der Waals surface area contributed by atoms with Crippen molar-refractivity contribution in [3.8, 4) is 0 Å². The topological polar surface area (TPSA) is 23.5 Å². The van der Waals surface area contributed by atoms with Crippen LogP contribution in [-0.2, 0) is 6.42 Å². The van der Waals surface area contributed by atoms with Gasteiger partial charge in [-0.15, -0.1) is 0 Å². The summed E-state index contributed by atoms with van der Waals surface area (Å²) < 4.78 is 0. The lowest BCUT2D eigenvalue weighted by atomic mass is 9.97. The Morgan fingerprint density at radius 2 is 1.41 bits per heavy atom. The second-order valence-corrected chi connectivity index (χ2v) is 5.93. The van der Waals surface area contributed by atoms with E-state index >= 15 is 0 Å². The fourth-order valence-corrected chi connectivity index (χ4v) is 2.37. The third kappa shape index (κ3) is 6.88. The van der Waals surface area contributed by atoms with E-state index in [2.05, 4.69) is 43.0 Å². The molecule has 2 unspecified atom stereocenters. The Labute approximate surface area is 135 Å². The number of rotatable bonds is 5. The van der Waals surface area contributed by atoms with Gasteiger partial charge in [-0.05, 0) is 37.6 Å². The Morgan fingerprint density at radius 1 is 0.909 bits per heavy atom. The normalized spacial score (nSPS) is 13.2. The van der Waals surface area contributed by atoms with E-state index in [0.717, 1.165) is 18.5 Å². The molecule has 2 aromatic rings. The Hall–Kier alpha value is -1.64. The fraction of sp³-hybridized carbons (Fsp3) is 0.400. The molecule has 0 aliphatic heterocycles. The van der Waals surface area contributed by atoms with Crippen LogP contribution in [0, 0.1) is 5.92 Å². The van der Waals surface area contributed by atoms with Gasteiger partial charge in [0.05, 0.1) is 6.10 Å². The van der Waals surface area contributed by atoms with Gasteiger partial charge in [0.1, 0.15) is 0 Å². The van der Waals surface area contributed by atoms with E-state index in [4.69, 9.17) is 0 Å². The molecule has 0 saturated heterocycles. The minimum atomic E-state index is -0.362. The average Bonchev–Trinajstić information content (AvgIpc) is 2.55. The van der Waals surface area contributed by atoms with Gasteiger partial charge in [-0.25, -0.2) is 0 Å². The standard InChI is InChI=1S/C12H19NO.C8H10/c1-10(9-13(2)3)12(14)11-7-5-4-6-8-11;1-2-8-6-4-3-5-7-8/h4-8,10,12,14H,9H2,1-3H3;3-7H,2H2,1H3. The van der Waals surface area contributed by atoms with Crippen LogP contribution < -0.4 is 0 Å². The third-order valence-electron chi connectivity index (χ3n) is 3.58. The number of aryl methyl sites for hydroxylation is 1. The van der Waals surface area contributed by atoms with Crippen molar-refractivity contribution in [1.82, 2.24) is 4.90 Å². The third-order valence-corrected chi connectivity index (χ3v) is 3.58. The maximum absolute atomic E-state index is 10.0. The van der Waals surface area contributed by atoms with Crippen LogP contribution in [0.15, 0.2) is 60.7 Å². The quantitative estimate of drug-likeness (QED) is 0.896. The molecule has 120 valence electrons. The summed E-state index contributed by atoms with van der Waals surface area (Å²) in [7, 11) is 4.04. The highest BCUT2D eigenvalue weighted by Crippen LogP contribution is 2.21. The fourth-order valence-electron chi connectivity index (χ4n) is 2.37. The van der Waals surface area contributed by atoms with Crippen LogP contribution in [0.3, 0.4) is 0 Å². The van der Waals surface area contributed by atoms with Crippen LogP contribution in [0.1, 0.15) is 31.1 Å². The highest BCUT2D eigenvalue weighted by atomic mass is 16.3. The molecule has 0 aromatic heterocycles. The molecule has 2 atom stereocenters. The molecule has 0 radical (unpaired) electrons. The van der Waals surface area contributed by atoms with Gasteiger partial charge in [-0.1, -0.05) is 74.5 Å². The first-order valence-corrected chi connectivity index (χ1v) is 7.96. The van der Waals surface area contributed by atoms with Crippen molar-refractivity contribution >= 4 is 0 Å². The minimum Gasteiger partial charge on any atom is -0.388 e. The summed E-state index contributed by atoms with van der Waals surface area (Å²) in [6.07, 6.45) is 0.777. The average molecular weight is 299 g/mol. The van der Waals surface area contributed by atoms with Crippen molar-refractivity contribution in [3.63, 3.8) is 0 Å². The predicted octanol–water partition coefficient (Wildman–Crippen LogP) is 4.17. The number of benzene rings is 2. The van der Waals surface area contributed by atoms with Crippen molar-refractivity contribution < 1.29 is 5.11 Å². The van der Waals surface area contributed by atoms with Gasteiger partial charge in [-0.2, -0.15) is 0 Å². The van der Waals surface area contributed by atoms with E-state index in [9.17, 15) is 5.11 Å². The second kappa shape index (κ2) is 10.1. The Morgan fingerprint density at radius 3 is 1.82 bits per heavy atom. The minimum absolute atomic E-state index is 0.257. The number of hydrogen-bond acceptors (Lipinski definition) is 2. The van der Waals surface area contributed by atoms with Gasteiger partial charge >= 0.3 is 0 Å². The smallest absolute Gasteiger partial charge is 0.0827 e. The predicted molar refractivity (Wildman–Crippen MR) is 94.9 cm³/mol. The van der Waals surface area contributed by atoms with Gasteiger partial charge in [0.2, 0.25) is 0 Å². The lowest BCUT2D eigenvalue weighted by Crippen LogP contribution is -2.24. The SMILES string of the molecule is CC(CN(C)C)C(O)c1ccccc1.CCc1ccccc1. The molecule has 0 spiro atoms. The van der Waals surface area contributed by atoms with Crippen LogP contribution in [0.2, 0.25) is 0 Å². The molecular weight excluding hydrogens is 270 g/mol. The molecule has 0 bridgehead atoms. The van der Waals surface area contributed by atoms with Gasteiger partial charge in [0.25, 0.3) is 0 Å². The molecule has 2 rings (SSSR count). The Balaban J connectivity index is 0.000000255. The monoisotopic (exact) mass is 299 g/mol. The largest absolute Gasteiger partial charge is 0.388 e. The van der Waals surface area contributed by atoms with E-state index in [1.54, 1.807) is 0 Å². The van der Waals surface area contributed by atoms with Crippen LogP contribution in [-0.4, -0.2) is 30.6 Å². The molecule has 0 aliphatic carbocycles. The first-order valence-electron chi connectivity index (χ1n) is 7.96. The molecule has 22 heavy (non-hydrogen) atoms. The molecule has 0 fully saturated rings. The molecule has 2 heteroatoms. The maximum atomic E-state index is 10.0. The van der Waals surface area contributed by atoms with Gasteiger partial charge in [-0.3, -0.25) is 0 Å². The number of hydrogen-bond donors (Lipinski definition) is 1. The van der Waals surface area contributed by atoms with E-state index in [-0.39, 0.29) is 12.0 Å². The maximum Gasteiger partial charge on any atom is 0.0827 e. The Kier molecular flexibility index (Phi) is 8.49. The summed E-state index contributed by atoms with van der Waals surface area (Å²) in [5, 5.41) is 10.0. The van der Waals surface area contributed by atoms with Crippen LogP contribution >= 0.6 is 0 Å². The molecule has 0 aliphatic rings. The van der Waals surface area contributed by atoms with Crippen molar-refractivity contribution in [2.75, 3.05) is 20.6 Å². The number of aliphatic hydroxyl groups excluding tert-OH is 1. The Bertz CT molecular complexity index is 496. The summed E-state index contributed by atoms with van der Waals surface area (Å²) in [5.41, 5.74) is 2.41. The molecule has 1 N–H and O–H groups in total. The van der Waals surface area contributed by atoms with E-state index in [0.29, 0.717) is 0 Å². The van der Waals surface area contributed by atoms with Crippen molar-refractivity contribution in [2.45, 2.75) is 26.4 Å². The zero-order chi connectivity index (χ0) is 16.4. The van der Waals surface area contributed by atoms with E-state index < -0.39 is 0 Å². The number of nitrogens with zero attached hydrogens (tertiary/aromatic N) is 1. The zero-order valence-corrected chi connectivity index (χ0v) is 14.2. The first-order chi connectivity index (χ1) is 10.5. The van der Waals surface area contributed by atoms with Crippen molar-refractivity contribution in [3.05, 3.63) is 71.8 Å². The lowest BCUT2D eigenvalue weighted by Gasteiger charge is -2.22. The first kappa shape index (κ1) is 18.4. The molecular formula is C20H29NO. The summed E-state index contributed by atoms with van der Waals surface area (Å²) >= 11 is 0. The van der Waals surface area contributed by atoms with Crippen LogP contribution in [0.5, 0.6) is 0 Å². The molecule has 0 amide bonds. The van der Waals surface area contributed by atoms with Gasteiger partial charge in [0.15, 0.2) is 0 Å². The second-order valence-electron chi connectivity index (χ2n) is 5.93. The highest BCUT2D eigenvalue weighted by Gasteiger charge is 2.16. The molecule has 2 aromatic carbocycles. The lowest BCUT2D eigenvalue weighted by molar-refractivity contribution is 0.100. The van der Waals surface area contributed by atoms with Crippen molar-refractivity contribution in [2.24, 2.45) is 5.92 Å². The van der Waals surface area contributed by atoms with E-state index in [1.165, 1.54) is 5.56 Å². The van der Waals surface area contributed by atoms with Crippen LogP contribution in [0.25, 0.3) is 0 Å². The number of aliphatic hydroxyl groups is 1. The van der Waals surface area contributed by atoms with E-state index in [1.807, 2.05) is 50.5 Å². The highest BCUT2D eigenvalue weighted by molar-refractivity contribution is 5.17. The molecule has 0 saturated carbocycles. The summed E-state index contributed by atoms with van der Waals surface area (Å²) in [6, 6.07) is 20.3. The summed E-state index contributed by atoms with van der Waals surface area (Å²) in [6.45, 7) is 5.13. The van der Waals surface area contributed by atoms with Gasteiger partial charge < -0.3 is 10.0 Å². The van der Waals surface area contributed by atoms with Crippen LogP contribution in [0.4, 0.5) is 0 Å².